The van der Waals surface area contributed by atoms with E-state index in [9.17, 15) is 9.59 Å². The summed E-state index contributed by atoms with van der Waals surface area (Å²) in [5, 5.41) is 0.512. The van der Waals surface area contributed by atoms with Crippen LogP contribution >= 0.6 is 0 Å². The van der Waals surface area contributed by atoms with Crippen molar-refractivity contribution in [2.45, 2.75) is 13.8 Å². The Hall–Kier alpha value is -2.62. The standard InChI is InChI=1S/C16H14N2O2/c1-10-7-8-12-13(9-10)17-16(20)18(15(12)19)14-6-4-3-5-11(14)2/h3-9H,1-2H3,(H,17,20). The van der Waals surface area contributed by atoms with E-state index in [1.54, 1.807) is 18.2 Å². The zero-order chi connectivity index (χ0) is 14.3. The summed E-state index contributed by atoms with van der Waals surface area (Å²) < 4.78 is 1.19. The Kier molecular flexibility index (Phi) is 2.79. The van der Waals surface area contributed by atoms with E-state index in [0.29, 0.717) is 16.6 Å². The SMILES string of the molecule is Cc1ccc2c(=O)n(-c3ccccc3C)c(=O)[nH]c2c1. The van der Waals surface area contributed by atoms with Crippen LogP contribution in [0.4, 0.5) is 0 Å². The number of benzene rings is 2. The van der Waals surface area contributed by atoms with Crippen molar-refractivity contribution < 1.29 is 0 Å². The van der Waals surface area contributed by atoms with Crippen LogP contribution in [0.2, 0.25) is 0 Å². The van der Waals surface area contributed by atoms with Crippen LogP contribution in [0.5, 0.6) is 0 Å². The lowest BCUT2D eigenvalue weighted by Crippen LogP contribution is -2.34. The zero-order valence-electron chi connectivity index (χ0n) is 11.3. The number of fused-ring (bicyclic) bond motifs is 1. The average Bonchev–Trinajstić information content (AvgIpc) is 2.40. The number of aromatic nitrogens is 2. The smallest absolute Gasteiger partial charge is 0.306 e. The van der Waals surface area contributed by atoms with Crippen molar-refractivity contribution in [2.75, 3.05) is 0 Å². The maximum absolute atomic E-state index is 12.6. The summed E-state index contributed by atoms with van der Waals surface area (Å²) in [6, 6.07) is 12.8. The number of para-hydroxylation sites is 1. The van der Waals surface area contributed by atoms with Crippen molar-refractivity contribution in [1.29, 1.82) is 0 Å². The Labute approximate surface area is 115 Å². The third kappa shape index (κ3) is 1.86. The molecule has 0 aliphatic carbocycles. The summed E-state index contributed by atoms with van der Waals surface area (Å²) in [6.45, 7) is 3.80. The number of nitrogens with one attached hydrogen (secondary N) is 1. The van der Waals surface area contributed by atoms with E-state index in [4.69, 9.17) is 0 Å². The van der Waals surface area contributed by atoms with Crippen LogP contribution in [-0.2, 0) is 0 Å². The van der Waals surface area contributed by atoms with Gasteiger partial charge in [-0.3, -0.25) is 4.79 Å². The monoisotopic (exact) mass is 266 g/mol. The molecule has 0 spiro atoms. The van der Waals surface area contributed by atoms with Crippen molar-refractivity contribution in [2.24, 2.45) is 0 Å². The maximum Gasteiger partial charge on any atom is 0.333 e. The topological polar surface area (TPSA) is 54.9 Å². The minimum absolute atomic E-state index is 0.293. The lowest BCUT2D eigenvalue weighted by atomic mass is 10.1. The molecule has 20 heavy (non-hydrogen) atoms. The molecule has 1 heterocycles. The molecule has 0 radical (unpaired) electrons. The van der Waals surface area contributed by atoms with Gasteiger partial charge in [-0.1, -0.05) is 24.3 Å². The first-order chi connectivity index (χ1) is 9.58. The minimum Gasteiger partial charge on any atom is -0.306 e. The van der Waals surface area contributed by atoms with Crippen LogP contribution in [0.15, 0.2) is 52.1 Å². The quantitative estimate of drug-likeness (QED) is 0.734. The first-order valence-electron chi connectivity index (χ1n) is 6.39. The lowest BCUT2D eigenvalue weighted by molar-refractivity contribution is 0.893. The van der Waals surface area contributed by atoms with E-state index in [1.807, 2.05) is 38.1 Å². The summed E-state index contributed by atoms with van der Waals surface area (Å²) in [7, 11) is 0. The Morgan fingerprint density at radius 1 is 1.00 bits per heavy atom. The van der Waals surface area contributed by atoms with Crippen LogP contribution in [-0.4, -0.2) is 9.55 Å². The summed E-state index contributed by atoms with van der Waals surface area (Å²) in [6.07, 6.45) is 0. The van der Waals surface area contributed by atoms with Gasteiger partial charge in [-0.15, -0.1) is 0 Å². The molecule has 0 unspecified atom stereocenters. The van der Waals surface area contributed by atoms with Crippen molar-refractivity contribution in [1.82, 2.24) is 9.55 Å². The molecule has 2 aromatic carbocycles. The number of rotatable bonds is 1. The van der Waals surface area contributed by atoms with Gasteiger partial charge in [0.25, 0.3) is 5.56 Å². The van der Waals surface area contributed by atoms with Crippen LogP contribution in [0, 0.1) is 13.8 Å². The van der Waals surface area contributed by atoms with Gasteiger partial charge in [0.2, 0.25) is 0 Å². The predicted octanol–water partition coefficient (Wildman–Crippen LogP) is 2.30. The fourth-order valence-electron chi connectivity index (χ4n) is 2.36. The Balaban J connectivity index is 2.44. The second kappa shape index (κ2) is 4.49. The molecule has 4 nitrogen and oxygen atoms in total. The second-order valence-electron chi connectivity index (χ2n) is 4.91. The van der Waals surface area contributed by atoms with E-state index in [1.165, 1.54) is 4.57 Å². The number of aryl methyl sites for hydroxylation is 2. The number of H-pyrrole nitrogens is 1. The molecule has 1 aromatic heterocycles. The fraction of sp³-hybridized carbons (Fsp3) is 0.125. The Bertz CT molecular complexity index is 920. The molecule has 4 heteroatoms. The maximum atomic E-state index is 12.6. The van der Waals surface area contributed by atoms with Gasteiger partial charge in [-0.2, -0.15) is 0 Å². The molecule has 0 atom stereocenters. The molecule has 0 amide bonds. The van der Waals surface area contributed by atoms with Crippen molar-refractivity contribution in [3.05, 3.63) is 74.4 Å². The van der Waals surface area contributed by atoms with Gasteiger partial charge < -0.3 is 4.98 Å². The number of hydrogen-bond donors (Lipinski definition) is 1. The van der Waals surface area contributed by atoms with E-state index in [2.05, 4.69) is 4.98 Å². The second-order valence-corrected chi connectivity index (χ2v) is 4.91. The normalized spacial score (nSPS) is 10.9. The van der Waals surface area contributed by atoms with E-state index < -0.39 is 5.69 Å². The average molecular weight is 266 g/mol. The molecular formula is C16H14N2O2. The van der Waals surface area contributed by atoms with Crippen molar-refractivity contribution in [3.8, 4) is 5.69 Å². The van der Waals surface area contributed by atoms with Crippen LogP contribution in [0.25, 0.3) is 16.6 Å². The Morgan fingerprint density at radius 3 is 2.50 bits per heavy atom. The third-order valence-electron chi connectivity index (χ3n) is 3.41. The highest BCUT2D eigenvalue weighted by atomic mass is 16.2. The highest BCUT2D eigenvalue weighted by Gasteiger charge is 2.10. The third-order valence-corrected chi connectivity index (χ3v) is 3.41. The van der Waals surface area contributed by atoms with Gasteiger partial charge in [0.15, 0.2) is 0 Å². The van der Waals surface area contributed by atoms with Gasteiger partial charge >= 0.3 is 5.69 Å². The largest absolute Gasteiger partial charge is 0.333 e. The summed E-state index contributed by atoms with van der Waals surface area (Å²) >= 11 is 0. The van der Waals surface area contributed by atoms with Gasteiger partial charge in [0, 0.05) is 0 Å². The summed E-state index contributed by atoms with van der Waals surface area (Å²) in [5.74, 6) is 0. The molecule has 0 aliphatic rings. The molecule has 0 fully saturated rings. The van der Waals surface area contributed by atoms with Crippen LogP contribution in [0.3, 0.4) is 0 Å². The minimum atomic E-state index is -0.414. The highest BCUT2D eigenvalue weighted by Crippen LogP contribution is 2.12. The Morgan fingerprint density at radius 2 is 1.75 bits per heavy atom. The van der Waals surface area contributed by atoms with Crippen LogP contribution < -0.4 is 11.2 Å². The van der Waals surface area contributed by atoms with E-state index in [0.717, 1.165) is 11.1 Å². The highest BCUT2D eigenvalue weighted by molar-refractivity contribution is 5.78. The van der Waals surface area contributed by atoms with Crippen molar-refractivity contribution in [3.63, 3.8) is 0 Å². The van der Waals surface area contributed by atoms with Crippen LogP contribution in [0.1, 0.15) is 11.1 Å². The lowest BCUT2D eigenvalue weighted by Gasteiger charge is -2.09. The van der Waals surface area contributed by atoms with Crippen molar-refractivity contribution >= 4 is 10.9 Å². The summed E-state index contributed by atoms with van der Waals surface area (Å²) in [5.41, 5.74) is 2.36. The molecule has 0 saturated carbocycles. The number of nitrogens with zero attached hydrogens (tertiary/aromatic N) is 1. The predicted molar refractivity (Wildman–Crippen MR) is 79.6 cm³/mol. The molecule has 0 aliphatic heterocycles. The zero-order valence-corrected chi connectivity index (χ0v) is 11.3. The van der Waals surface area contributed by atoms with Gasteiger partial charge in [-0.25, -0.2) is 9.36 Å². The molecule has 1 N–H and O–H groups in total. The molecule has 0 bridgehead atoms. The van der Waals surface area contributed by atoms with E-state index >= 15 is 0 Å². The number of hydrogen-bond acceptors (Lipinski definition) is 2. The first-order valence-corrected chi connectivity index (χ1v) is 6.39. The molecule has 3 aromatic rings. The molecule has 0 saturated heterocycles. The molecular weight excluding hydrogens is 252 g/mol. The summed E-state index contributed by atoms with van der Waals surface area (Å²) in [4.78, 5) is 27.6. The van der Waals surface area contributed by atoms with Gasteiger partial charge in [0.1, 0.15) is 0 Å². The van der Waals surface area contributed by atoms with E-state index in [-0.39, 0.29) is 5.56 Å². The molecule has 3 rings (SSSR count). The number of aromatic amines is 1. The molecule has 100 valence electrons. The van der Waals surface area contributed by atoms with Gasteiger partial charge in [0.05, 0.1) is 16.6 Å². The first kappa shape index (κ1) is 12.4. The van der Waals surface area contributed by atoms with Gasteiger partial charge in [-0.05, 0) is 43.2 Å². The fourth-order valence-corrected chi connectivity index (χ4v) is 2.36.